The number of nitrogens with zero attached hydrogens (tertiary/aromatic N) is 3. The van der Waals surface area contributed by atoms with Crippen LogP contribution in [-0.4, -0.2) is 48.2 Å². The lowest BCUT2D eigenvalue weighted by Crippen LogP contribution is -2.41. The molecule has 2 rings (SSSR count). The van der Waals surface area contributed by atoms with E-state index in [0.717, 1.165) is 25.4 Å². The highest BCUT2D eigenvalue weighted by atomic mass is 35.5. The van der Waals surface area contributed by atoms with Crippen molar-refractivity contribution in [2.45, 2.75) is 12.8 Å². The number of aromatic nitrogens is 2. The number of oxime groups is 1. The Morgan fingerprint density at radius 2 is 1.94 bits per heavy atom. The molecule has 0 atom stereocenters. The number of esters is 1. The van der Waals surface area contributed by atoms with E-state index in [1.165, 1.54) is 7.11 Å². The van der Waals surface area contributed by atoms with Gasteiger partial charge in [0.15, 0.2) is 0 Å². The second-order valence-corrected chi connectivity index (χ2v) is 6.89. The van der Waals surface area contributed by atoms with Crippen molar-refractivity contribution in [1.82, 2.24) is 9.13 Å². The summed E-state index contributed by atoms with van der Waals surface area (Å²) in [6, 6.07) is 2.36. The molecule has 0 amide bonds. The minimum Gasteiger partial charge on any atom is -0.461 e. The Morgan fingerprint density at radius 3 is 2.56 bits per heavy atom. The topological polar surface area (TPSA) is 101 Å². The van der Waals surface area contributed by atoms with E-state index in [0.29, 0.717) is 22.1 Å². The van der Waals surface area contributed by atoms with Crippen LogP contribution in [-0.2, 0) is 32.1 Å². The molecule has 0 fully saturated rings. The molecule has 1 heterocycles. The summed E-state index contributed by atoms with van der Waals surface area (Å²) in [5.41, 5.74) is -3.69. The van der Waals surface area contributed by atoms with Crippen molar-refractivity contribution in [3.05, 3.63) is 61.1 Å². The Bertz CT molecular complexity index is 1140. The molecular weight excluding hydrogens is 459 g/mol. The van der Waals surface area contributed by atoms with Crippen LogP contribution >= 0.6 is 11.6 Å². The number of methoxy groups -OCH3 is 1. The van der Waals surface area contributed by atoms with Crippen LogP contribution < -0.4 is 11.2 Å². The largest absolute Gasteiger partial charge is 0.461 e. The summed E-state index contributed by atoms with van der Waals surface area (Å²) < 4.78 is 52.2. The smallest absolute Gasteiger partial charge is 0.347 e. The molecule has 13 heteroatoms. The Kier molecular flexibility index (Phi) is 8.22. The van der Waals surface area contributed by atoms with Gasteiger partial charge in [-0.05, 0) is 12.1 Å². The van der Waals surface area contributed by atoms with E-state index in [4.69, 9.17) is 25.9 Å². The lowest BCUT2D eigenvalue weighted by molar-refractivity contribution is -0.150. The van der Waals surface area contributed by atoms with Gasteiger partial charge in [0.2, 0.25) is 6.61 Å². The lowest BCUT2D eigenvalue weighted by atomic mass is 10.2. The minimum atomic E-state index is -3.47. The Labute approximate surface area is 184 Å². The van der Waals surface area contributed by atoms with Gasteiger partial charge in [0.1, 0.15) is 12.4 Å². The second kappa shape index (κ2) is 10.5. The van der Waals surface area contributed by atoms with Crippen LogP contribution in [0.25, 0.3) is 5.69 Å². The van der Waals surface area contributed by atoms with Crippen molar-refractivity contribution in [2.75, 3.05) is 26.9 Å². The minimum absolute atomic E-state index is 0.0228. The first-order valence-corrected chi connectivity index (χ1v) is 9.35. The Balaban J connectivity index is 2.34. The van der Waals surface area contributed by atoms with Crippen LogP contribution in [0.15, 0.2) is 32.9 Å². The van der Waals surface area contributed by atoms with Gasteiger partial charge in [-0.2, -0.15) is 0 Å². The third-order valence-corrected chi connectivity index (χ3v) is 4.40. The molecule has 0 N–H and O–H groups in total. The van der Waals surface area contributed by atoms with Crippen molar-refractivity contribution in [2.24, 2.45) is 12.2 Å². The maximum Gasteiger partial charge on any atom is 0.347 e. The summed E-state index contributed by atoms with van der Waals surface area (Å²) >= 11 is 5.95. The van der Waals surface area contributed by atoms with Gasteiger partial charge in [-0.25, -0.2) is 27.3 Å². The van der Waals surface area contributed by atoms with Gasteiger partial charge < -0.3 is 14.3 Å². The zero-order valence-electron chi connectivity index (χ0n) is 17.2. The average molecular weight is 478 g/mol. The highest BCUT2D eigenvalue weighted by Gasteiger charge is 2.30. The number of hydrogen-bond donors (Lipinski definition) is 0. The standard InChI is InChI=1S/C19H19ClF3N3O6/c1-19(22,23)15-8-16(27)26(18(29)25(15)2)14-6-11(12(20)7-13(14)21)9-24-32-10-17(28)31-5-4-30-3/h6-9H,4-5,10H2,1-3H3/b24-9+. The molecule has 0 unspecified atom stereocenters. The number of carbonyl (C=O) groups is 1. The molecule has 0 saturated carbocycles. The second-order valence-electron chi connectivity index (χ2n) is 6.48. The predicted octanol–water partition coefficient (Wildman–Crippen LogP) is 1.98. The number of benzene rings is 1. The highest BCUT2D eigenvalue weighted by Crippen LogP contribution is 2.25. The molecule has 0 bridgehead atoms. The first-order valence-electron chi connectivity index (χ1n) is 8.98. The molecule has 32 heavy (non-hydrogen) atoms. The fourth-order valence-corrected chi connectivity index (χ4v) is 2.76. The third-order valence-electron chi connectivity index (χ3n) is 4.08. The van der Waals surface area contributed by atoms with E-state index in [2.05, 4.69) is 5.16 Å². The number of halogens is 4. The SMILES string of the molecule is COCCOC(=O)CO/N=C/c1cc(-n2c(=O)cc(C(C)(F)F)n(C)c2=O)c(F)cc1Cl. The first-order chi connectivity index (χ1) is 15.0. The summed E-state index contributed by atoms with van der Waals surface area (Å²) in [5, 5.41) is 3.36. The van der Waals surface area contributed by atoms with E-state index in [1.54, 1.807) is 0 Å². The molecule has 2 aromatic rings. The fourth-order valence-electron chi connectivity index (χ4n) is 2.56. The van der Waals surface area contributed by atoms with Crippen molar-refractivity contribution in [3.63, 3.8) is 0 Å². The molecule has 0 radical (unpaired) electrons. The van der Waals surface area contributed by atoms with Gasteiger partial charge in [-0.3, -0.25) is 9.36 Å². The molecule has 1 aromatic heterocycles. The van der Waals surface area contributed by atoms with Crippen molar-refractivity contribution in [1.29, 1.82) is 0 Å². The maximum atomic E-state index is 14.5. The molecule has 0 saturated heterocycles. The van der Waals surface area contributed by atoms with Crippen molar-refractivity contribution in [3.8, 4) is 5.69 Å². The van der Waals surface area contributed by atoms with E-state index in [-0.39, 0.29) is 23.8 Å². The van der Waals surface area contributed by atoms with E-state index in [1.807, 2.05) is 0 Å². The fraction of sp³-hybridized carbons (Fsp3) is 0.368. The summed E-state index contributed by atoms with van der Waals surface area (Å²) in [5.74, 6) is -5.23. The van der Waals surface area contributed by atoms with Crippen molar-refractivity contribution >= 4 is 23.8 Å². The van der Waals surface area contributed by atoms with Crippen LogP contribution in [0.5, 0.6) is 0 Å². The average Bonchev–Trinajstić information content (AvgIpc) is 2.70. The van der Waals surface area contributed by atoms with Gasteiger partial charge >= 0.3 is 11.7 Å². The molecular formula is C19H19ClF3N3O6. The van der Waals surface area contributed by atoms with Gasteiger partial charge in [0.25, 0.3) is 11.5 Å². The highest BCUT2D eigenvalue weighted by molar-refractivity contribution is 6.33. The van der Waals surface area contributed by atoms with Crippen LogP contribution in [0.1, 0.15) is 18.2 Å². The van der Waals surface area contributed by atoms with Crippen LogP contribution in [0.2, 0.25) is 5.02 Å². The zero-order chi connectivity index (χ0) is 24.1. The summed E-state index contributed by atoms with van der Waals surface area (Å²) in [4.78, 5) is 41.0. The Morgan fingerprint density at radius 1 is 1.25 bits per heavy atom. The zero-order valence-corrected chi connectivity index (χ0v) is 18.0. The summed E-state index contributed by atoms with van der Waals surface area (Å²) in [7, 11) is 2.47. The predicted molar refractivity (Wildman–Crippen MR) is 108 cm³/mol. The monoisotopic (exact) mass is 477 g/mol. The quantitative estimate of drug-likeness (QED) is 0.237. The molecule has 174 valence electrons. The van der Waals surface area contributed by atoms with Gasteiger partial charge in [0, 0.05) is 32.7 Å². The van der Waals surface area contributed by atoms with Gasteiger partial charge in [0.05, 0.1) is 29.2 Å². The molecule has 0 aliphatic rings. The summed E-state index contributed by atoms with van der Waals surface area (Å²) in [6.45, 7) is 0.232. The van der Waals surface area contributed by atoms with E-state index in [9.17, 15) is 27.6 Å². The first kappa shape index (κ1) is 25.1. The molecule has 0 spiro atoms. The third kappa shape index (κ3) is 5.98. The number of rotatable bonds is 9. The maximum absolute atomic E-state index is 14.5. The number of alkyl halides is 2. The molecule has 9 nitrogen and oxygen atoms in total. The summed E-state index contributed by atoms with van der Waals surface area (Å²) in [6.07, 6.45) is 1.01. The van der Waals surface area contributed by atoms with E-state index >= 15 is 0 Å². The number of ether oxygens (including phenoxy) is 2. The number of carbonyl (C=O) groups excluding carboxylic acids is 1. The van der Waals surface area contributed by atoms with Crippen LogP contribution in [0.4, 0.5) is 13.2 Å². The molecule has 1 aromatic carbocycles. The van der Waals surface area contributed by atoms with Crippen LogP contribution in [0, 0.1) is 5.82 Å². The molecule has 0 aliphatic carbocycles. The Hall–Kier alpha value is -3.12. The van der Waals surface area contributed by atoms with Gasteiger partial charge in [-0.1, -0.05) is 16.8 Å². The van der Waals surface area contributed by atoms with Crippen molar-refractivity contribution < 1.29 is 32.3 Å². The lowest BCUT2D eigenvalue weighted by Gasteiger charge is -2.17. The van der Waals surface area contributed by atoms with Crippen LogP contribution in [0.3, 0.4) is 0 Å². The molecule has 0 aliphatic heterocycles. The normalized spacial score (nSPS) is 11.7. The van der Waals surface area contributed by atoms with E-state index < -0.39 is 46.9 Å². The van der Waals surface area contributed by atoms with Gasteiger partial charge in [-0.15, -0.1) is 0 Å². The number of hydrogen-bond acceptors (Lipinski definition) is 7.